The van der Waals surface area contributed by atoms with Crippen LogP contribution in [0.2, 0.25) is 0 Å². The van der Waals surface area contributed by atoms with Crippen molar-refractivity contribution in [2.75, 3.05) is 19.8 Å². The van der Waals surface area contributed by atoms with Gasteiger partial charge in [-0.15, -0.1) is 0 Å². The Bertz CT molecular complexity index is 455. The first-order valence-electron chi connectivity index (χ1n) is 10.7. The first-order chi connectivity index (χ1) is 13.2. The fourth-order valence-electron chi connectivity index (χ4n) is 5.26. The molecule has 0 aromatic carbocycles. The van der Waals surface area contributed by atoms with E-state index in [9.17, 15) is 10.4 Å². The van der Waals surface area contributed by atoms with Gasteiger partial charge >= 0.3 is 0 Å². The summed E-state index contributed by atoms with van der Waals surface area (Å²) in [6, 6.07) is 0. The van der Waals surface area contributed by atoms with Gasteiger partial charge in [-0.05, 0) is 87.0 Å². The summed E-state index contributed by atoms with van der Waals surface area (Å²) in [6.45, 7) is 17.1. The molecule has 2 fully saturated rings. The van der Waals surface area contributed by atoms with Crippen molar-refractivity contribution in [1.29, 1.82) is 0 Å². The van der Waals surface area contributed by atoms with E-state index in [1.54, 1.807) is 0 Å². The van der Waals surface area contributed by atoms with E-state index in [-0.39, 0.29) is 41.5 Å². The summed E-state index contributed by atoms with van der Waals surface area (Å²) in [5.41, 5.74) is -1.33. The molecule has 0 bridgehead atoms. The topological polar surface area (TPSA) is 83.9 Å². The van der Waals surface area contributed by atoms with Gasteiger partial charge in [0.15, 0.2) is 0 Å². The molecule has 2 aliphatic heterocycles. The Hall–Kier alpha value is -0.320. The highest BCUT2D eigenvalue weighted by atomic mass is 17.2. The Morgan fingerprint density at radius 1 is 0.655 bits per heavy atom. The maximum absolute atomic E-state index is 10.4. The molecule has 2 rings (SSSR count). The number of hydroxylamine groups is 4. The van der Waals surface area contributed by atoms with Gasteiger partial charge in [0.2, 0.25) is 0 Å². The zero-order valence-corrected chi connectivity index (χ0v) is 19.5. The molecule has 29 heavy (non-hydrogen) atoms. The average molecular weight is 419 g/mol. The first kappa shape index (κ1) is 24.9. The smallest absolute Gasteiger partial charge is 0.109 e. The van der Waals surface area contributed by atoms with E-state index in [1.165, 1.54) is 10.1 Å². The SMILES string of the molecule is CC1(C)CC(COOCCOOC2CC(C)(C)N(O)C(C)(C)C2)CC(C)(C)N1O. The van der Waals surface area contributed by atoms with E-state index in [1.807, 2.05) is 55.4 Å². The highest BCUT2D eigenvalue weighted by Crippen LogP contribution is 2.40. The van der Waals surface area contributed by atoms with Crippen LogP contribution in [-0.4, -0.2) is 68.6 Å². The number of piperidine rings is 2. The van der Waals surface area contributed by atoms with Crippen LogP contribution in [0.3, 0.4) is 0 Å². The molecule has 172 valence electrons. The molecule has 0 spiro atoms. The van der Waals surface area contributed by atoms with E-state index in [2.05, 4.69) is 0 Å². The van der Waals surface area contributed by atoms with Crippen molar-refractivity contribution in [3.63, 3.8) is 0 Å². The van der Waals surface area contributed by atoms with Crippen LogP contribution in [0.4, 0.5) is 0 Å². The van der Waals surface area contributed by atoms with Gasteiger partial charge in [-0.3, -0.25) is 0 Å². The van der Waals surface area contributed by atoms with E-state index < -0.39 is 0 Å². The Morgan fingerprint density at radius 2 is 1.07 bits per heavy atom. The molecule has 8 heteroatoms. The Kier molecular flexibility index (Phi) is 7.78. The average Bonchev–Trinajstić information content (AvgIpc) is 2.55. The molecule has 0 saturated carbocycles. The molecular formula is C21H42N2O6. The highest BCUT2D eigenvalue weighted by Gasteiger charge is 2.46. The second-order valence-corrected chi connectivity index (χ2v) is 11.2. The molecular weight excluding hydrogens is 376 g/mol. The lowest BCUT2D eigenvalue weighted by atomic mass is 9.76. The lowest BCUT2D eigenvalue weighted by Crippen LogP contribution is -2.60. The second-order valence-electron chi connectivity index (χ2n) is 11.2. The van der Waals surface area contributed by atoms with E-state index in [4.69, 9.17) is 19.6 Å². The van der Waals surface area contributed by atoms with Gasteiger partial charge in [0.1, 0.15) is 13.2 Å². The van der Waals surface area contributed by atoms with Crippen LogP contribution >= 0.6 is 0 Å². The summed E-state index contributed by atoms with van der Waals surface area (Å²) in [7, 11) is 0. The summed E-state index contributed by atoms with van der Waals surface area (Å²) in [4.78, 5) is 21.5. The molecule has 0 aromatic rings. The summed E-state index contributed by atoms with van der Waals surface area (Å²) in [5.74, 6) is 0.314. The molecule has 0 aliphatic carbocycles. The number of hydrogen-bond donors (Lipinski definition) is 2. The summed E-state index contributed by atoms with van der Waals surface area (Å²) in [5, 5.41) is 23.6. The third kappa shape index (κ3) is 6.33. The minimum absolute atomic E-state index is 0.0857. The second kappa shape index (κ2) is 9.04. The number of nitrogens with zero attached hydrogens (tertiary/aromatic N) is 2. The molecule has 0 amide bonds. The van der Waals surface area contributed by atoms with E-state index in [0.717, 1.165) is 12.8 Å². The van der Waals surface area contributed by atoms with Crippen molar-refractivity contribution in [3.8, 4) is 0 Å². The number of hydrogen-bond acceptors (Lipinski definition) is 8. The normalized spacial score (nSPS) is 27.9. The zero-order chi connectivity index (χ0) is 22.1. The minimum atomic E-state index is -0.374. The van der Waals surface area contributed by atoms with Crippen LogP contribution in [-0.2, 0) is 19.6 Å². The standard InChI is InChI=1S/C21H42N2O6/c1-18(2)11-16(12-19(3,4)22(18)24)15-28-26-9-10-27-29-17-13-20(5,6)23(25)21(7,8)14-17/h16-17,24-25H,9-15H2,1-8H3. The highest BCUT2D eigenvalue weighted by molar-refractivity contribution is 4.97. The van der Waals surface area contributed by atoms with Crippen LogP contribution < -0.4 is 0 Å². The van der Waals surface area contributed by atoms with Crippen LogP contribution in [0.25, 0.3) is 0 Å². The predicted molar refractivity (Wildman–Crippen MR) is 108 cm³/mol. The van der Waals surface area contributed by atoms with Crippen LogP contribution in [0.15, 0.2) is 0 Å². The summed E-state index contributed by atoms with van der Waals surface area (Å²) < 4.78 is 0. The minimum Gasteiger partial charge on any atom is -0.313 e. The largest absolute Gasteiger partial charge is 0.313 e. The van der Waals surface area contributed by atoms with Crippen molar-refractivity contribution in [1.82, 2.24) is 10.1 Å². The molecule has 2 heterocycles. The lowest BCUT2D eigenvalue weighted by molar-refractivity contribution is -0.377. The van der Waals surface area contributed by atoms with Crippen molar-refractivity contribution in [3.05, 3.63) is 0 Å². The zero-order valence-electron chi connectivity index (χ0n) is 19.5. The summed E-state index contributed by atoms with van der Waals surface area (Å²) >= 11 is 0. The van der Waals surface area contributed by atoms with E-state index in [0.29, 0.717) is 25.4 Å². The van der Waals surface area contributed by atoms with Crippen LogP contribution in [0.1, 0.15) is 81.1 Å². The van der Waals surface area contributed by atoms with Gasteiger partial charge in [-0.1, -0.05) is 0 Å². The Balaban J connectivity index is 1.62. The van der Waals surface area contributed by atoms with Crippen molar-refractivity contribution >= 4 is 0 Å². The fraction of sp³-hybridized carbons (Fsp3) is 1.00. The molecule has 0 aromatic heterocycles. The maximum Gasteiger partial charge on any atom is 0.109 e. The molecule has 2 saturated heterocycles. The quantitative estimate of drug-likeness (QED) is 0.348. The predicted octanol–water partition coefficient (Wildman–Crippen LogP) is 3.95. The Labute approximate surface area is 175 Å². The van der Waals surface area contributed by atoms with Gasteiger partial charge in [-0.2, -0.15) is 10.1 Å². The van der Waals surface area contributed by atoms with Crippen molar-refractivity contribution in [2.45, 2.75) is 109 Å². The third-order valence-corrected chi connectivity index (χ3v) is 6.17. The van der Waals surface area contributed by atoms with Gasteiger partial charge in [0.05, 0.1) is 12.7 Å². The van der Waals surface area contributed by atoms with Crippen molar-refractivity contribution in [2.24, 2.45) is 5.92 Å². The van der Waals surface area contributed by atoms with Crippen LogP contribution in [0, 0.1) is 5.92 Å². The first-order valence-corrected chi connectivity index (χ1v) is 10.7. The van der Waals surface area contributed by atoms with Gasteiger partial charge < -0.3 is 10.4 Å². The van der Waals surface area contributed by atoms with E-state index >= 15 is 0 Å². The van der Waals surface area contributed by atoms with Gasteiger partial charge in [-0.25, -0.2) is 19.6 Å². The van der Waals surface area contributed by atoms with Crippen LogP contribution in [0.5, 0.6) is 0 Å². The monoisotopic (exact) mass is 418 g/mol. The fourth-order valence-corrected chi connectivity index (χ4v) is 5.26. The van der Waals surface area contributed by atoms with Crippen molar-refractivity contribution < 1.29 is 30.0 Å². The van der Waals surface area contributed by atoms with Gasteiger partial charge in [0, 0.05) is 22.2 Å². The maximum atomic E-state index is 10.4. The number of rotatable bonds is 8. The molecule has 0 radical (unpaired) electrons. The molecule has 2 N–H and O–H groups in total. The molecule has 0 atom stereocenters. The van der Waals surface area contributed by atoms with Gasteiger partial charge in [0.25, 0.3) is 0 Å². The Morgan fingerprint density at radius 3 is 1.55 bits per heavy atom. The third-order valence-electron chi connectivity index (χ3n) is 6.17. The lowest BCUT2D eigenvalue weighted by Gasteiger charge is -2.51. The molecule has 2 aliphatic rings. The molecule has 0 unspecified atom stereocenters. The molecule has 8 nitrogen and oxygen atoms in total. The summed E-state index contributed by atoms with van der Waals surface area (Å²) in [6.07, 6.45) is 2.95.